The lowest BCUT2D eigenvalue weighted by atomic mass is 10.2. The predicted molar refractivity (Wildman–Crippen MR) is 96.1 cm³/mol. The molecule has 1 aromatic carbocycles. The van der Waals surface area contributed by atoms with Gasteiger partial charge in [0.15, 0.2) is 0 Å². The van der Waals surface area contributed by atoms with Gasteiger partial charge in [-0.05, 0) is 19.1 Å². The summed E-state index contributed by atoms with van der Waals surface area (Å²) in [7, 11) is 1.62. The minimum Gasteiger partial charge on any atom is -0.497 e. The van der Waals surface area contributed by atoms with Gasteiger partial charge in [0, 0.05) is 30.9 Å². The Morgan fingerprint density at radius 2 is 2.31 bits per heavy atom. The molecule has 2 N–H and O–H groups in total. The molecule has 1 aliphatic heterocycles. The smallest absolute Gasteiger partial charge is 0.234 e. The summed E-state index contributed by atoms with van der Waals surface area (Å²) in [6.45, 7) is 3.64. The van der Waals surface area contributed by atoms with E-state index in [1.54, 1.807) is 18.0 Å². The van der Waals surface area contributed by atoms with Crippen molar-refractivity contribution >= 4 is 11.8 Å². The van der Waals surface area contributed by atoms with Crippen LogP contribution in [-0.2, 0) is 9.59 Å². The van der Waals surface area contributed by atoms with Crippen LogP contribution < -0.4 is 15.4 Å². The normalized spacial score (nSPS) is 16.0. The van der Waals surface area contributed by atoms with Crippen LogP contribution in [0.3, 0.4) is 0 Å². The summed E-state index contributed by atoms with van der Waals surface area (Å²) in [5.74, 6) is 0.601. The van der Waals surface area contributed by atoms with Gasteiger partial charge in [0.2, 0.25) is 11.8 Å². The van der Waals surface area contributed by atoms with Crippen LogP contribution in [0.1, 0.15) is 18.5 Å². The molecular formula is C18H23N5O3. The molecule has 138 valence electrons. The second kappa shape index (κ2) is 8.01. The molecule has 2 aromatic rings. The van der Waals surface area contributed by atoms with Crippen molar-refractivity contribution in [2.75, 3.05) is 33.3 Å². The highest BCUT2D eigenvalue weighted by atomic mass is 16.5. The number of amides is 2. The van der Waals surface area contributed by atoms with E-state index in [-0.39, 0.29) is 30.9 Å². The van der Waals surface area contributed by atoms with E-state index in [0.717, 1.165) is 17.0 Å². The minimum atomic E-state index is -0.180. The Bertz CT molecular complexity index is 789. The Balaban J connectivity index is 1.59. The van der Waals surface area contributed by atoms with E-state index in [0.29, 0.717) is 13.1 Å². The Morgan fingerprint density at radius 3 is 3.08 bits per heavy atom. The Morgan fingerprint density at radius 1 is 1.46 bits per heavy atom. The second-order valence-corrected chi connectivity index (χ2v) is 6.27. The van der Waals surface area contributed by atoms with Crippen molar-refractivity contribution < 1.29 is 14.3 Å². The van der Waals surface area contributed by atoms with Gasteiger partial charge in [0.1, 0.15) is 5.75 Å². The third-order valence-electron chi connectivity index (χ3n) is 4.28. The summed E-state index contributed by atoms with van der Waals surface area (Å²) >= 11 is 0. The number of piperazine rings is 1. The van der Waals surface area contributed by atoms with E-state index in [9.17, 15) is 9.59 Å². The SMILES string of the molecule is COc1cccc(-n2cc([C@@H](C)NC(=O)CN3CCNC(=O)C3)cn2)c1. The summed E-state index contributed by atoms with van der Waals surface area (Å²) in [5, 5.41) is 10.1. The number of hydrogen-bond acceptors (Lipinski definition) is 5. The van der Waals surface area contributed by atoms with Crippen molar-refractivity contribution in [2.24, 2.45) is 0 Å². The molecule has 0 spiro atoms. The lowest BCUT2D eigenvalue weighted by molar-refractivity contribution is -0.127. The molecule has 8 nitrogen and oxygen atoms in total. The molecule has 1 saturated heterocycles. The second-order valence-electron chi connectivity index (χ2n) is 6.27. The molecule has 1 fully saturated rings. The van der Waals surface area contributed by atoms with Gasteiger partial charge in [-0.25, -0.2) is 4.68 Å². The molecule has 26 heavy (non-hydrogen) atoms. The van der Waals surface area contributed by atoms with Gasteiger partial charge in [-0.3, -0.25) is 14.5 Å². The Hall–Kier alpha value is -2.87. The molecule has 2 heterocycles. The van der Waals surface area contributed by atoms with E-state index in [4.69, 9.17) is 4.74 Å². The van der Waals surface area contributed by atoms with Crippen LogP contribution in [0.5, 0.6) is 5.75 Å². The molecule has 3 rings (SSSR count). The first-order valence-corrected chi connectivity index (χ1v) is 8.52. The number of methoxy groups -OCH3 is 1. The standard InChI is InChI=1S/C18H23N5O3/c1-13(21-18(25)12-22-7-6-19-17(24)11-22)14-9-20-23(10-14)15-4-3-5-16(8-15)26-2/h3-5,8-10,13H,6-7,11-12H2,1-2H3,(H,19,24)(H,21,25)/t13-/m1/s1. The zero-order chi connectivity index (χ0) is 18.5. The molecule has 8 heteroatoms. The highest BCUT2D eigenvalue weighted by molar-refractivity contribution is 5.82. The first-order valence-electron chi connectivity index (χ1n) is 8.52. The predicted octanol–water partition coefficient (Wildman–Crippen LogP) is 0.490. The van der Waals surface area contributed by atoms with Gasteiger partial charge in [0.05, 0.1) is 38.1 Å². The quantitative estimate of drug-likeness (QED) is 0.786. The average Bonchev–Trinajstić information content (AvgIpc) is 3.12. The third-order valence-corrected chi connectivity index (χ3v) is 4.28. The lowest BCUT2D eigenvalue weighted by Gasteiger charge is -2.26. The molecule has 1 aliphatic rings. The molecule has 0 radical (unpaired) electrons. The largest absolute Gasteiger partial charge is 0.497 e. The van der Waals surface area contributed by atoms with E-state index in [1.807, 2.05) is 42.3 Å². The number of rotatable bonds is 6. The molecular weight excluding hydrogens is 334 g/mol. The van der Waals surface area contributed by atoms with Crippen LogP contribution in [0.2, 0.25) is 0 Å². The highest BCUT2D eigenvalue weighted by Gasteiger charge is 2.20. The summed E-state index contributed by atoms with van der Waals surface area (Å²) in [5.41, 5.74) is 1.78. The molecule has 2 amide bonds. The van der Waals surface area contributed by atoms with Crippen molar-refractivity contribution in [1.82, 2.24) is 25.3 Å². The van der Waals surface area contributed by atoms with E-state index >= 15 is 0 Å². The highest BCUT2D eigenvalue weighted by Crippen LogP contribution is 2.18. The van der Waals surface area contributed by atoms with Crippen molar-refractivity contribution in [1.29, 1.82) is 0 Å². The van der Waals surface area contributed by atoms with Gasteiger partial charge < -0.3 is 15.4 Å². The van der Waals surface area contributed by atoms with Gasteiger partial charge in [-0.1, -0.05) is 6.07 Å². The topological polar surface area (TPSA) is 88.5 Å². The van der Waals surface area contributed by atoms with Crippen LogP contribution in [-0.4, -0.2) is 59.8 Å². The third kappa shape index (κ3) is 4.40. The number of carbonyl (C=O) groups excluding carboxylic acids is 2. The first-order chi connectivity index (χ1) is 12.5. The average molecular weight is 357 g/mol. The monoisotopic (exact) mass is 357 g/mol. The van der Waals surface area contributed by atoms with Crippen molar-refractivity contribution in [3.63, 3.8) is 0 Å². The van der Waals surface area contributed by atoms with Crippen LogP contribution in [0, 0.1) is 0 Å². The van der Waals surface area contributed by atoms with Gasteiger partial charge in [0.25, 0.3) is 0 Å². The van der Waals surface area contributed by atoms with Crippen LogP contribution in [0.15, 0.2) is 36.7 Å². The van der Waals surface area contributed by atoms with Crippen molar-refractivity contribution in [3.8, 4) is 11.4 Å². The van der Waals surface area contributed by atoms with Crippen LogP contribution in [0.25, 0.3) is 5.69 Å². The number of hydrogen-bond donors (Lipinski definition) is 2. The zero-order valence-electron chi connectivity index (χ0n) is 14.9. The fraction of sp³-hybridized carbons (Fsp3) is 0.389. The maximum absolute atomic E-state index is 12.2. The maximum atomic E-state index is 12.2. The van der Waals surface area contributed by atoms with Crippen LogP contribution in [0.4, 0.5) is 0 Å². The molecule has 0 saturated carbocycles. The Labute approximate surface area is 152 Å². The number of carbonyl (C=O) groups is 2. The molecule has 0 bridgehead atoms. The van der Waals surface area contributed by atoms with Crippen molar-refractivity contribution in [2.45, 2.75) is 13.0 Å². The van der Waals surface area contributed by atoms with Gasteiger partial charge in [-0.2, -0.15) is 5.10 Å². The summed E-state index contributed by atoms with van der Waals surface area (Å²) < 4.78 is 6.98. The van der Waals surface area contributed by atoms with Gasteiger partial charge in [-0.15, -0.1) is 0 Å². The Kier molecular flexibility index (Phi) is 5.52. The molecule has 1 atom stereocenters. The first kappa shape index (κ1) is 17.9. The summed E-state index contributed by atoms with van der Waals surface area (Å²) in [6.07, 6.45) is 3.62. The van der Waals surface area contributed by atoms with E-state index in [1.165, 1.54) is 0 Å². The van der Waals surface area contributed by atoms with E-state index < -0.39 is 0 Å². The molecule has 0 unspecified atom stereocenters. The minimum absolute atomic E-state index is 0.0448. The summed E-state index contributed by atoms with van der Waals surface area (Å²) in [4.78, 5) is 25.4. The van der Waals surface area contributed by atoms with E-state index in [2.05, 4.69) is 15.7 Å². The van der Waals surface area contributed by atoms with Crippen molar-refractivity contribution in [3.05, 3.63) is 42.2 Å². The van der Waals surface area contributed by atoms with Crippen LogP contribution >= 0.6 is 0 Å². The number of nitrogens with zero attached hydrogens (tertiary/aromatic N) is 3. The fourth-order valence-corrected chi connectivity index (χ4v) is 2.85. The fourth-order valence-electron chi connectivity index (χ4n) is 2.85. The number of nitrogens with one attached hydrogen (secondary N) is 2. The number of ether oxygens (including phenoxy) is 1. The zero-order valence-corrected chi connectivity index (χ0v) is 14.9. The molecule has 0 aliphatic carbocycles. The lowest BCUT2D eigenvalue weighted by Crippen LogP contribution is -2.50. The number of aromatic nitrogens is 2. The maximum Gasteiger partial charge on any atom is 0.234 e. The summed E-state index contributed by atoms with van der Waals surface area (Å²) in [6, 6.07) is 7.42. The number of benzene rings is 1. The van der Waals surface area contributed by atoms with Gasteiger partial charge >= 0.3 is 0 Å². The molecule has 1 aromatic heterocycles.